The Balaban J connectivity index is 1.65. The summed E-state index contributed by atoms with van der Waals surface area (Å²) in [5.74, 6) is 1.10. The van der Waals surface area contributed by atoms with Crippen molar-refractivity contribution in [2.75, 3.05) is 31.6 Å². The minimum atomic E-state index is -0.365. The second-order valence-corrected chi connectivity index (χ2v) is 6.70. The van der Waals surface area contributed by atoms with Crippen molar-refractivity contribution < 1.29 is 14.1 Å². The van der Waals surface area contributed by atoms with Crippen LogP contribution in [0.5, 0.6) is 0 Å². The Hall–Kier alpha value is -3.04. The van der Waals surface area contributed by atoms with Gasteiger partial charge in [0.25, 0.3) is 5.56 Å². The number of fused-ring (bicyclic) bond motifs is 1. The number of nitrogens with one attached hydrogen (secondary N) is 1. The lowest BCUT2D eigenvalue weighted by molar-refractivity contribution is -0.116. The van der Waals surface area contributed by atoms with Gasteiger partial charge in [0, 0.05) is 19.2 Å². The quantitative estimate of drug-likeness (QED) is 0.705. The summed E-state index contributed by atoms with van der Waals surface area (Å²) in [5, 5.41) is 6.89. The molecule has 0 aliphatic carbocycles. The van der Waals surface area contributed by atoms with Gasteiger partial charge in [0.2, 0.25) is 5.91 Å². The molecule has 0 unspecified atom stereocenters. The fraction of sp³-hybridized carbons (Fsp3) is 0.368. The highest BCUT2D eigenvalue weighted by Gasteiger charge is 2.18. The molecule has 1 aromatic carbocycles. The van der Waals surface area contributed by atoms with Gasteiger partial charge in [-0.1, -0.05) is 17.3 Å². The Morgan fingerprint density at radius 3 is 2.79 bits per heavy atom. The number of nitrogens with zero attached hydrogens (tertiary/aromatic N) is 4. The molecule has 3 heterocycles. The number of hydrogen-bond acceptors (Lipinski definition) is 7. The van der Waals surface area contributed by atoms with Gasteiger partial charge in [-0.2, -0.15) is 0 Å². The summed E-state index contributed by atoms with van der Waals surface area (Å²) in [6.07, 6.45) is 0. The lowest BCUT2D eigenvalue weighted by atomic mass is 10.2. The number of carbonyl (C=O) groups excluding carboxylic acids is 1. The van der Waals surface area contributed by atoms with E-state index in [-0.39, 0.29) is 18.0 Å². The van der Waals surface area contributed by atoms with Crippen molar-refractivity contribution in [1.29, 1.82) is 0 Å². The van der Waals surface area contributed by atoms with E-state index in [1.807, 2.05) is 12.1 Å². The van der Waals surface area contributed by atoms with Crippen molar-refractivity contribution in [2.24, 2.45) is 0 Å². The van der Waals surface area contributed by atoms with E-state index in [1.165, 1.54) is 4.57 Å². The van der Waals surface area contributed by atoms with Crippen LogP contribution >= 0.6 is 0 Å². The van der Waals surface area contributed by atoms with E-state index in [4.69, 9.17) is 9.26 Å². The minimum absolute atomic E-state index is 0.151. The topological polar surface area (TPSA) is 102 Å². The summed E-state index contributed by atoms with van der Waals surface area (Å²) in [5.41, 5.74) is 0.389. The molecule has 1 amide bonds. The molecule has 146 valence electrons. The van der Waals surface area contributed by atoms with Crippen LogP contribution in [0.1, 0.15) is 11.6 Å². The Morgan fingerprint density at radius 1 is 1.25 bits per heavy atom. The van der Waals surface area contributed by atoms with Crippen LogP contribution in [0.15, 0.2) is 39.6 Å². The fourth-order valence-electron chi connectivity index (χ4n) is 3.21. The molecular formula is C19H21N5O4. The Morgan fingerprint density at radius 2 is 2.04 bits per heavy atom. The molecule has 0 saturated carbocycles. The van der Waals surface area contributed by atoms with E-state index >= 15 is 0 Å². The molecule has 0 radical (unpaired) electrons. The predicted molar refractivity (Wildman–Crippen MR) is 102 cm³/mol. The largest absolute Gasteiger partial charge is 0.379 e. The molecule has 1 saturated heterocycles. The summed E-state index contributed by atoms with van der Waals surface area (Å²) >= 11 is 0. The van der Waals surface area contributed by atoms with Crippen molar-refractivity contribution in [1.82, 2.24) is 19.6 Å². The number of hydrogen-bond donors (Lipinski definition) is 1. The normalized spacial score (nSPS) is 15.0. The zero-order valence-corrected chi connectivity index (χ0v) is 15.6. The number of para-hydroxylation sites is 1. The van der Waals surface area contributed by atoms with Crippen LogP contribution in [0.4, 0.5) is 5.82 Å². The molecular weight excluding hydrogens is 362 g/mol. The van der Waals surface area contributed by atoms with Crippen LogP contribution in [-0.4, -0.2) is 51.8 Å². The van der Waals surface area contributed by atoms with E-state index in [9.17, 15) is 9.59 Å². The maximum absolute atomic E-state index is 13.0. The van der Waals surface area contributed by atoms with E-state index in [0.717, 1.165) is 13.1 Å². The molecule has 1 fully saturated rings. The van der Waals surface area contributed by atoms with Gasteiger partial charge in [-0.15, -0.1) is 0 Å². The SMILES string of the molecule is Cc1cc(NC(=O)Cn2c(CN3CCOCC3)nc3ccccc3c2=O)no1. The van der Waals surface area contributed by atoms with Gasteiger partial charge >= 0.3 is 0 Å². The molecule has 2 aromatic heterocycles. The third-order valence-corrected chi connectivity index (χ3v) is 4.61. The maximum atomic E-state index is 13.0. The van der Waals surface area contributed by atoms with Crippen LogP contribution in [0.2, 0.25) is 0 Å². The minimum Gasteiger partial charge on any atom is -0.379 e. The zero-order valence-electron chi connectivity index (χ0n) is 15.6. The number of morpholine rings is 1. The average Bonchev–Trinajstić information content (AvgIpc) is 3.10. The first-order valence-corrected chi connectivity index (χ1v) is 9.12. The Bertz CT molecular complexity index is 1050. The molecule has 0 bridgehead atoms. The number of ether oxygens (including phenoxy) is 1. The van der Waals surface area contributed by atoms with Crippen molar-refractivity contribution in [3.63, 3.8) is 0 Å². The van der Waals surface area contributed by atoms with Crippen molar-refractivity contribution in [3.8, 4) is 0 Å². The van der Waals surface area contributed by atoms with E-state index in [1.54, 1.807) is 25.1 Å². The zero-order chi connectivity index (χ0) is 19.5. The molecule has 0 spiro atoms. The molecule has 28 heavy (non-hydrogen) atoms. The number of anilines is 1. The van der Waals surface area contributed by atoms with Gasteiger partial charge in [-0.05, 0) is 19.1 Å². The van der Waals surface area contributed by atoms with Gasteiger partial charge in [-0.3, -0.25) is 19.1 Å². The van der Waals surface area contributed by atoms with Crippen LogP contribution in [0, 0.1) is 6.92 Å². The van der Waals surface area contributed by atoms with Crippen LogP contribution in [-0.2, 0) is 22.6 Å². The highest BCUT2D eigenvalue weighted by atomic mass is 16.5. The number of rotatable bonds is 5. The van der Waals surface area contributed by atoms with Gasteiger partial charge in [0.1, 0.15) is 18.1 Å². The second-order valence-electron chi connectivity index (χ2n) is 6.70. The number of amides is 1. The van der Waals surface area contributed by atoms with Crippen molar-refractivity contribution in [2.45, 2.75) is 20.0 Å². The van der Waals surface area contributed by atoms with E-state index in [2.05, 4.69) is 20.4 Å². The molecule has 4 rings (SSSR count). The Labute approximate surface area is 160 Å². The molecule has 3 aromatic rings. The third kappa shape index (κ3) is 3.95. The van der Waals surface area contributed by atoms with Gasteiger partial charge < -0.3 is 14.6 Å². The first-order chi connectivity index (χ1) is 13.6. The van der Waals surface area contributed by atoms with Crippen LogP contribution in [0.25, 0.3) is 10.9 Å². The summed E-state index contributed by atoms with van der Waals surface area (Å²) in [6.45, 7) is 4.86. The second kappa shape index (κ2) is 7.91. The summed E-state index contributed by atoms with van der Waals surface area (Å²) < 4.78 is 11.8. The van der Waals surface area contributed by atoms with Gasteiger partial charge in [0.15, 0.2) is 5.82 Å². The van der Waals surface area contributed by atoms with Crippen LogP contribution in [0.3, 0.4) is 0 Å². The smallest absolute Gasteiger partial charge is 0.261 e. The van der Waals surface area contributed by atoms with Gasteiger partial charge in [0.05, 0.1) is 30.7 Å². The first kappa shape index (κ1) is 18.3. The molecule has 9 nitrogen and oxygen atoms in total. The maximum Gasteiger partial charge on any atom is 0.261 e. The number of carbonyl (C=O) groups is 1. The average molecular weight is 383 g/mol. The van der Waals surface area contributed by atoms with Crippen LogP contribution < -0.4 is 10.9 Å². The molecule has 1 N–H and O–H groups in total. The first-order valence-electron chi connectivity index (χ1n) is 9.12. The molecule has 1 aliphatic rings. The Kier molecular flexibility index (Phi) is 5.18. The lowest BCUT2D eigenvalue weighted by Crippen LogP contribution is -2.39. The van der Waals surface area contributed by atoms with Crippen molar-refractivity contribution >= 4 is 22.6 Å². The predicted octanol–water partition coefficient (Wildman–Crippen LogP) is 1.16. The number of aryl methyl sites for hydroxylation is 1. The fourth-order valence-corrected chi connectivity index (χ4v) is 3.21. The van der Waals surface area contributed by atoms with Gasteiger partial charge in [-0.25, -0.2) is 4.98 Å². The summed E-state index contributed by atoms with van der Waals surface area (Å²) in [7, 11) is 0. The summed E-state index contributed by atoms with van der Waals surface area (Å²) in [4.78, 5) is 32.4. The highest BCUT2D eigenvalue weighted by Crippen LogP contribution is 2.12. The highest BCUT2D eigenvalue weighted by molar-refractivity contribution is 5.89. The molecule has 1 aliphatic heterocycles. The standard InChI is InChI=1S/C19H21N5O4/c1-13-10-16(22-28-13)21-18(25)12-24-17(11-23-6-8-27-9-7-23)20-15-5-3-2-4-14(15)19(24)26/h2-5,10H,6-9,11-12H2,1H3,(H,21,22,25). The van der Waals surface area contributed by atoms with E-state index < -0.39 is 0 Å². The third-order valence-electron chi connectivity index (χ3n) is 4.61. The number of aromatic nitrogens is 3. The number of benzene rings is 1. The lowest BCUT2D eigenvalue weighted by Gasteiger charge is -2.27. The monoisotopic (exact) mass is 383 g/mol. The summed E-state index contributed by atoms with van der Waals surface area (Å²) in [6, 6.07) is 8.78. The van der Waals surface area contributed by atoms with Crippen molar-refractivity contribution in [3.05, 3.63) is 52.3 Å². The van der Waals surface area contributed by atoms with E-state index in [0.29, 0.717) is 48.1 Å². The molecule has 9 heteroatoms. The molecule has 0 atom stereocenters.